The number of rotatable bonds is 4. The lowest BCUT2D eigenvalue weighted by Gasteiger charge is -2.05. The Hall–Kier alpha value is -3.36. The first-order chi connectivity index (χ1) is 10.4. The molecule has 0 radical (unpaired) electrons. The van der Waals surface area contributed by atoms with Gasteiger partial charge in [0.1, 0.15) is 5.82 Å². The average Bonchev–Trinajstić information content (AvgIpc) is 2.46. The monoisotopic (exact) mass is 305 g/mol. The molecular formula is C13H8FN3O5. The van der Waals surface area contributed by atoms with Crippen molar-refractivity contribution in [2.75, 3.05) is 5.32 Å². The van der Waals surface area contributed by atoms with Crippen LogP contribution in [-0.2, 0) is 0 Å². The van der Waals surface area contributed by atoms with E-state index in [2.05, 4.69) is 5.32 Å². The minimum absolute atomic E-state index is 0.00781. The molecule has 0 fully saturated rings. The lowest BCUT2D eigenvalue weighted by molar-refractivity contribution is -0.422. The highest BCUT2D eigenvalue weighted by Gasteiger charge is 2.24. The molecule has 0 heterocycles. The van der Waals surface area contributed by atoms with E-state index >= 15 is 0 Å². The molecule has 0 atom stereocenters. The maximum atomic E-state index is 13.0. The van der Waals surface area contributed by atoms with E-state index in [-0.39, 0.29) is 11.3 Å². The van der Waals surface area contributed by atoms with Crippen LogP contribution in [0.4, 0.5) is 21.5 Å². The van der Waals surface area contributed by atoms with E-state index < -0.39 is 32.9 Å². The Morgan fingerprint density at radius 3 is 2.27 bits per heavy atom. The van der Waals surface area contributed by atoms with Crippen LogP contribution in [0.2, 0.25) is 0 Å². The molecule has 22 heavy (non-hydrogen) atoms. The van der Waals surface area contributed by atoms with Crippen molar-refractivity contribution in [2.45, 2.75) is 0 Å². The largest absolute Gasteiger partial charge is 0.348 e. The third kappa shape index (κ3) is 3.20. The molecule has 2 aromatic carbocycles. The highest BCUT2D eigenvalue weighted by molar-refractivity contribution is 6.04. The molecule has 9 heteroatoms. The molecule has 0 saturated carbocycles. The van der Waals surface area contributed by atoms with E-state index in [0.717, 1.165) is 30.3 Å². The molecular weight excluding hydrogens is 297 g/mol. The van der Waals surface area contributed by atoms with Crippen LogP contribution in [0, 0.1) is 26.0 Å². The minimum Gasteiger partial charge on any atom is -0.322 e. The number of nitrogens with one attached hydrogen (secondary N) is 1. The van der Waals surface area contributed by atoms with E-state index in [1.807, 2.05) is 0 Å². The number of carbonyl (C=O) groups excluding carboxylic acids is 1. The lowest BCUT2D eigenvalue weighted by Crippen LogP contribution is -2.12. The third-order valence-corrected chi connectivity index (χ3v) is 2.71. The van der Waals surface area contributed by atoms with Crippen molar-refractivity contribution in [3.63, 3.8) is 0 Å². The first-order valence-electron chi connectivity index (χ1n) is 5.88. The SMILES string of the molecule is O=C(Nc1ccc([N+](=O)[O-])c([N+](=O)[O-])c1)c1cccc(F)c1. The summed E-state index contributed by atoms with van der Waals surface area (Å²) in [6.45, 7) is 0. The number of halogens is 1. The molecule has 0 saturated heterocycles. The van der Waals surface area contributed by atoms with Crippen LogP contribution in [0.5, 0.6) is 0 Å². The van der Waals surface area contributed by atoms with Gasteiger partial charge in [0, 0.05) is 23.4 Å². The summed E-state index contributed by atoms with van der Waals surface area (Å²) >= 11 is 0. The Morgan fingerprint density at radius 2 is 1.68 bits per heavy atom. The molecule has 8 nitrogen and oxygen atoms in total. The summed E-state index contributed by atoms with van der Waals surface area (Å²) in [4.78, 5) is 31.6. The second-order valence-corrected chi connectivity index (χ2v) is 4.18. The lowest BCUT2D eigenvalue weighted by atomic mass is 10.2. The Labute approximate surface area is 122 Å². The molecule has 0 aliphatic carbocycles. The first kappa shape index (κ1) is 15.0. The number of nitrogens with zero attached hydrogens (tertiary/aromatic N) is 2. The molecule has 0 aromatic heterocycles. The van der Waals surface area contributed by atoms with Crippen LogP contribution in [-0.4, -0.2) is 15.8 Å². The van der Waals surface area contributed by atoms with Crippen LogP contribution in [0.3, 0.4) is 0 Å². The third-order valence-electron chi connectivity index (χ3n) is 2.71. The maximum absolute atomic E-state index is 13.0. The molecule has 2 rings (SSSR count). The minimum atomic E-state index is -0.921. The molecule has 0 unspecified atom stereocenters. The van der Waals surface area contributed by atoms with Gasteiger partial charge in [0.05, 0.1) is 9.85 Å². The van der Waals surface area contributed by atoms with Gasteiger partial charge in [0.25, 0.3) is 5.91 Å². The van der Waals surface area contributed by atoms with Crippen LogP contribution in [0.1, 0.15) is 10.4 Å². The Bertz CT molecular complexity index is 778. The normalized spacial score (nSPS) is 10.0. The van der Waals surface area contributed by atoms with Gasteiger partial charge in [-0.15, -0.1) is 0 Å². The van der Waals surface area contributed by atoms with Gasteiger partial charge in [-0.2, -0.15) is 0 Å². The highest BCUT2D eigenvalue weighted by Crippen LogP contribution is 2.29. The number of hydrogen-bond acceptors (Lipinski definition) is 5. The van der Waals surface area contributed by atoms with E-state index in [1.54, 1.807) is 0 Å². The number of anilines is 1. The smallest absolute Gasteiger partial charge is 0.322 e. The van der Waals surface area contributed by atoms with Gasteiger partial charge >= 0.3 is 11.4 Å². The van der Waals surface area contributed by atoms with E-state index in [0.29, 0.717) is 0 Å². The average molecular weight is 305 g/mol. The molecule has 1 amide bonds. The second kappa shape index (κ2) is 5.95. The number of hydrogen-bond donors (Lipinski definition) is 1. The highest BCUT2D eigenvalue weighted by atomic mass is 19.1. The van der Waals surface area contributed by atoms with Gasteiger partial charge < -0.3 is 5.32 Å². The van der Waals surface area contributed by atoms with E-state index in [1.165, 1.54) is 12.1 Å². The fourth-order valence-corrected chi connectivity index (χ4v) is 1.73. The predicted molar refractivity (Wildman–Crippen MR) is 74.1 cm³/mol. The quantitative estimate of drug-likeness (QED) is 0.688. The van der Waals surface area contributed by atoms with Gasteiger partial charge in [-0.05, 0) is 24.3 Å². The van der Waals surface area contributed by atoms with Gasteiger partial charge in [-0.1, -0.05) is 6.07 Å². The summed E-state index contributed by atoms with van der Waals surface area (Å²) in [6, 6.07) is 7.79. The molecule has 0 aliphatic rings. The maximum Gasteiger partial charge on any atom is 0.348 e. The van der Waals surface area contributed by atoms with E-state index in [9.17, 15) is 29.4 Å². The Morgan fingerprint density at radius 1 is 1.00 bits per heavy atom. The van der Waals surface area contributed by atoms with Crippen molar-refractivity contribution in [3.05, 3.63) is 74.1 Å². The van der Waals surface area contributed by atoms with Crippen molar-refractivity contribution < 1.29 is 19.0 Å². The zero-order valence-corrected chi connectivity index (χ0v) is 10.9. The van der Waals surface area contributed by atoms with Crippen molar-refractivity contribution in [1.29, 1.82) is 0 Å². The van der Waals surface area contributed by atoms with Crippen molar-refractivity contribution in [3.8, 4) is 0 Å². The molecule has 0 bridgehead atoms. The zero-order valence-electron chi connectivity index (χ0n) is 10.9. The molecule has 112 valence electrons. The first-order valence-corrected chi connectivity index (χ1v) is 5.88. The van der Waals surface area contributed by atoms with Crippen LogP contribution >= 0.6 is 0 Å². The van der Waals surface area contributed by atoms with E-state index in [4.69, 9.17) is 0 Å². The van der Waals surface area contributed by atoms with Gasteiger partial charge in [0.2, 0.25) is 0 Å². The van der Waals surface area contributed by atoms with Gasteiger partial charge in [-0.3, -0.25) is 25.0 Å². The Kier molecular flexibility index (Phi) is 4.07. The number of amides is 1. The molecule has 1 N–H and O–H groups in total. The summed E-state index contributed by atoms with van der Waals surface area (Å²) in [6.07, 6.45) is 0. The Balaban J connectivity index is 2.30. The van der Waals surface area contributed by atoms with Crippen LogP contribution < -0.4 is 5.32 Å². The van der Waals surface area contributed by atoms with Crippen molar-refractivity contribution >= 4 is 23.0 Å². The standard InChI is InChI=1S/C13H8FN3O5/c14-9-3-1-2-8(6-9)13(18)15-10-4-5-11(16(19)20)12(7-10)17(21)22/h1-7H,(H,15,18). The molecule has 2 aromatic rings. The number of nitro benzene ring substituents is 2. The summed E-state index contributed by atoms with van der Waals surface area (Å²) < 4.78 is 13.0. The van der Waals surface area contributed by atoms with Crippen LogP contribution in [0.25, 0.3) is 0 Å². The van der Waals surface area contributed by atoms with Crippen LogP contribution in [0.15, 0.2) is 42.5 Å². The topological polar surface area (TPSA) is 115 Å². The second-order valence-electron chi connectivity index (χ2n) is 4.18. The van der Waals surface area contributed by atoms with Crippen molar-refractivity contribution in [1.82, 2.24) is 0 Å². The fraction of sp³-hybridized carbons (Fsp3) is 0. The van der Waals surface area contributed by atoms with Gasteiger partial charge in [-0.25, -0.2) is 4.39 Å². The predicted octanol–water partition coefficient (Wildman–Crippen LogP) is 2.89. The number of nitro groups is 2. The van der Waals surface area contributed by atoms with Gasteiger partial charge in [0.15, 0.2) is 0 Å². The fourth-order valence-electron chi connectivity index (χ4n) is 1.73. The summed E-state index contributed by atoms with van der Waals surface area (Å²) in [7, 11) is 0. The van der Waals surface area contributed by atoms with Crippen molar-refractivity contribution in [2.24, 2.45) is 0 Å². The number of carbonyl (C=O) groups is 1. The summed E-state index contributed by atoms with van der Waals surface area (Å²) in [5.74, 6) is -1.30. The number of benzene rings is 2. The zero-order chi connectivity index (χ0) is 16.3. The molecule has 0 aliphatic heterocycles. The summed E-state index contributed by atoms with van der Waals surface area (Å²) in [5.41, 5.74) is -1.43. The summed E-state index contributed by atoms with van der Waals surface area (Å²) in [5, 5.41) is 23.8. The molecule has 0 spiro atoms.